The van der Waals surface area contributed by atoms with Gasteiger partial charge in [0, 0.05) is 26.1 Å². The number of rotatable bonds is 4. The molecule has 1 heterocycles. The van der Waals surface area contributed by atoms with Crippen molar-refractivity contribution in [1.82, 2.24) is 4.90 Å². The zero-order valence-electron chi connectivity index (χ0n) is 10.4. The molecule has 0 radical (unpaired) electrons. The number of aliphatic hydroxyl groups excluding tert-OH is 1. The number of morpholine rings is 1. The summed E-state index contributed by atoms with van der Waals surface area (Å²) in [5.41, 5.74) is 1.34. The third-order valence-corrected chi connectivity index (χ3v) is 3.08. The number of aliphatic hydroxyl groups is 1. The summed E-state index contributed by atoms with van der Waals surface area (Å²) in [5.74, 6) is 0. The van der Waals surface area contributed by atoms with Crippen molar-refractivity contribution in [1.29, 1.82) is 0 Å². The molecule has 3 heteroatoms. The normalized spacial score (nSPS) is 23.5. The van der Waals surface area contributed by atoms with Gasteiger partial charge in [-0.25, -0.2) is 0 Å². The third-order valence-electron chi connectivity index (χ3n) is 3.08. The van der Waals surface area contributed by atoms with Crippen molar-refractivity contribution < 1.29 is 9.84 Å². The van der Waals surface area contributed by atoms with E-state index in [4.69, 9.17) is 4.74 Å². The molecule has 0 saturated carbocycles. The fraction of sp³-hybridized carbons (Fsp3) is 0.571. The molecule has 1 fully saturated rings. The molecule has 2 unspecified atom stereocenters. The molecule has 1 aliphatic heterocycles. The van der Waals surface area contributed by atoms with Crippen LogP contribution in [0, 0.1) is 0 Å². The second-order valence-corrected chi connectivity index (χ2v) is 4.80. The highest BCUT2D eigenvalue weighted by atomic mass is 16.5. The minimum Gasteiger partial charge on any atom is -0.393 e. The van der Waals surface area contributed by atoms with Crippen molar-refractivity contribution in [3.8, 4) is 0 Å². The van der Waals surface area contributed by atoms with Gasteiger partial charge >= 0.3 is 0 Å². The first-order chi connectivity index (χ1) is 8.24. The smallest absolute Gasteiger partial charge is 0.0727 e. The fourth-order valence-electron chi connectivity index (χ4n) is 2.29. The first kappa shape index (κ1) is 12.6. The molecule has 17 heavy (non-hydrogen) atoms. The highest BCUT2D eigenvalue weighted by Gasteiger charge is 2.21. The van der Waals surface area contributed by atoms with Crippen LogP contribution in [0.2, 0.25) is 0 Å². The molecule has 0 aliphatic carbocycles. The van der Waals surface area contributed by atoms with Crippen LogP contribution in [0.3, 0.4) is 0 Å². The molecule has 3 nitrogen and oxygen atoms in total. The standard InChI is InChI=1S/C14H21NO2/c1-12(16)9-14-11-15(7-8-17-14)10-13-5-3-2-4-6-13/h2-6,12,14,16H,7-11H2,1H3. The molecule has 1 aromatic rings. The molecule has 0 aromatic heterocycles. The average Bonchev–Trinajstić information content (AvgIpc) is 2.30. The van der Waals surface area contributed by atoms with Gasteiger partial charge in [-0.1, -0.05) is 30.3 Å². The quantitative estimate of drug-likeness (QED) is 0.861. The Bertz CT molecular complexity index is 326. The number of hydrogen-bond donors (Lipinski definition) is 1. The summed E-state index contributed by atoms with van der Waals surface area (Å²) < 4.78 is 5.66. The van der Waals surface area contributed by atoms with E-state index < -0.39 is 0 Å². The zero-order chi connectivity index (χ0) is 12.1. The Balaban J connectivity index is 1.85. The van der Waals surface area contributed by atoms with E-state index in [0.717, 1.165) is 32.7 Å². The predicted octanol–water partition coefficient (Wildman–Crippen LogP) is 1.66. The molecular formula is C14H21NO2. The van der Waals surface area contributed by atoms with E-state index in [0.29, 0.717) is 0 Å². The summed E-state index contributed by atoms with van der Waals surface area (Å²) in [7, 11) is 0. The van der Waals surface area contributed by atoms with Crippen molar-refractivity contribution in [2.45, 2.75) is 32.1 Å². The molecule has 1 saturated heterocycles. The summed E-state index contributed by atoms with van der Waals surface area (Å²) in [4.78, 5) is 2.39. The lowest BCUT2D eigenvalue weighted by molar-refractivity contribution is -0.0499. The molecule has 0 amide bonds. The summed E-state index contributed by atoms with van der Waals surface area (Å²) in [6.45, 7) is 5.45. The second-order valence-electron chi connectivity index (χ2n) is 4.80. The van der Waals surface area contributed by atoms with Crippen LogP contribution in [0.15, 0.2) is 30.3 Å². The Hall–Kier alpha value is -0.900. The average molecular weight is 235 g/mol. The third kappa shape index (κ3) is 4.11. The monoisotopic (exact) mass is 235 g/mol. The van der Waals surface area contributed by atoms with E-state index in [1.54, 1.807) is 0 Å². The summed E-state index contributed by atoms with van der Waals surface area (Å²) >= 11 is 0. The Morgan fingerprint density at radius 2 is 2.18 bits per heavy atom. The lowest BCUT2D eigenvalue weighted by Crippen LogP contribution is -2.42. The molecule has 2 rings (SSSR count). The highest BCUT2D eigenvalue weighted by molar-refractivity contribution is 5.14. The van der Waals surface area contributed by atoms with Crippen LogP contribution in [0.25, 0.3) is 0 Å². The van der Waals surface area contributed by atoms with Gasteiger partial charge in [0.1, 0.15) is 0 Å². The first-order valence-electron chi connectivity index (χ1n) is 6.30. The van der Waals surface area contributed by atoms with Crippen LogP contribution in [-0.2, 0) is 11.3 Å². The second kappa shape index (κ2) is 6.15. The van der Waals surface area contributed by atoms with Crippen molar-refractivity contribution in [3.05, 3.63) is 35.9 Å². The Morgan fingerprint density at radius 1 is 1.41 bits per heavy atom. The van der Waals surface area contributed by atoms with Crippen molar-refractivity contribution in [2.24, 2.45) is 0 Å². The van der Waals surface area contributed by atoms with Crippen LogP contribution < -0.4 is 0 Å². The largest absolute Gasteiger partial charge is 0.393 e. The van der Waals surface area contributed by atoms with E-state index >= 15 is 0 Å². The van der Waals surface area contributed by atoms with E-state index in [2.05, 4.69) is 29.2 Å². The molecular weight excluding hydrogens is 214 g/mol. The van der Waals surface area contributed by atoms with Gasteiger partial charge in [-0.05, 0) is 12.5 Å². The van der Waals surface area contributed by atoms with Crippen LogP contribution in [-0.4, -0.2) is 41.9 Å². The predicted molar refractivity (Wildman–Crippen MR) is 67.8 cm³/mol. The van der Waals surface area contributed by atoms with E-state index in [1.807, 2.05) is 13.0 Å². The Morgan fingerprint density at radius 3 is 2.88 bits per heavy atom. The van der Waals surface area contributed by atoms with E-state index in [9.17, 15) is 5.11 Å². The lowest BCUT2D eigenvalue weighted by atomic mass is 10.1. The topological polar surface area (TPSA) is 32.7 Å². The fourth-order valence-corrected chi connectivity index (χ4v) is 2.29. The van der Waals surface area contributed by atoms with Crippen molar-refractivity contribution in [2.75, 3.05) is 19.7 Å². The molecule has 1 N–H and O–H groups in total. The van der Waals surface area contributed by atoms with Gasteiger partial charge in [0.2, 0.25) is 0 Å². The minimum absolute atomic E-state index is 0.174. The van der Waals surface area contributed by atoms with Crippen molar-refractivity contribution in [3.63, 3.8) is 0 Å². The number of hydrogen-bond acceptors (Lipinski definition) is 3. The van der Waals surface area contributed by atoms with Crippen LogP contribution in [0.1, 0.15) is 18.9 Å². The van der Waals surface area contributed by atoms with Crippen LogP contribution >= 0.6 is 0 Å². The molecule has 2 atom stereocenters. The van der Waals surface area contributed by atoms with Gasteiger partial charge in [-0.3, -0.25) is 4.90 Å². The lowest BCUT2D eigenvalue weighted by Gasteiger charge is -2.33. The van der Waals surface area contributed by atoms with Gasteiger partial charge in [-0.2, -0.15) is 0 Å². The van der Waals surface area contributed by atoms with Gasteiger partial charge in [0.05, 0.1) is 18.8 Å². The van der Waals surface area contributed by atoms with Crippen LogP contribution in [0.5, 0.6) is 0 Å². The maximum Gasteiger partial charge on any atom is 0.0727 e. The molecule has 0 spiro atoms. The first-order valence-corrected chi connectivity index (χ1v) is 6.30. The Labute approximate surface area is 103 Å². The number of benzene rings is 1. The van der Waals surface area contributed by atoms with Gasteiger partial charge in [0.15, 0.2) is 0 Å². The summed E-state index contributed by atoms with van der Waals surface area (Å²) in [6, 6.07) is 10.5. The van der Waals surface area contributed by atoms with Crippen LogP contribution in [0.4, 0.5) is 0 Å². The Kier molecular flexibility index (Phi) is 4.54. The van der Waals surface area contributed by atoms with Crippen molar-refractivity contribution >= 4 is 0 Å². The summed E-state index contributed by atoms with van der Waals surface area (Å²) in [5, 5.41) is 9.38. The highest BCUT2D eigenvalue weighted by Crippen LogP contribution is 2.13. The zero-order valence-corrected chi connectivity index (χ0v) is 10.4. The number of nitrogens with zero attached hydrogens (tertiary/aromatic N) is 1. The molecule has 0 bridgehead atoms. The molecule has 1 aromatic carbocycles. The van der Waals surface area contributed by atoms with Gasteiger partial charge < -0.3 is 9.84 Å². The summed E-state index contributed by atoms with van der Waals surface area (Å²) in [6.07, 6.45) is 0.620. The maximum absolute atomic E-state index is 9.38. The van der Waals surface area contributed by atoms with E-state index in [-0.39, 0.29) is 12.2 Å². The van der Waals surface area contributed by atoms with Gasteiger partial charge in [0.25, 0.3) is 0 Å². The molecule has 1 aliphatic rings. The van der Waals surface area contributed by atoms with E-state index in [1.165, 1.54) is 5.56 Å². The maximum atomic E-state index is 9.38. The number of ether oxygens (including phenoxy) is 1. The molecule has 94 valence electrons. The van der Waals surface area contributed by atoms with Gasteiger partial charge in [-0.15, -0.1) is 0 Å². The SMILES string of the molecule is CC(O)CC1CN(Cc2ccccc2)CCO1. The minimum atomic E-state index is -0.281.